The molecular formula is C22H27NO6. The first-order chi connectivity index (χ1) is 13.8. The topological polar surface area (TPSA) is 96.3 Å². The van der Waals surface area contributed by atoms with E-state index in [4.69, 9.17) is 19.7 Å². The van der Waals surface area contributed by atoms with Crippen molar-refractivity contribution in [1.29, 1.82) is 0 Å². The first-order valence-electron chi connectivity index (χ1n) is 8.96. The summed E-state index contributed by atoms with van der Waals surface area (Å²) >= 11 is 0. The lowest BCUT2D eigenvalue weighted by Gasteiger charge is -2.21. The molecule has 0 aliphatic heterocycles. The van der Waals surface area contributed by atoms with Crippen LogP contribution in [0.25, 0.3) is 0 Å². The number of carboxylic acids is 2. The molecule has 0 aliphatic rings. The van der Waals surface area contributed by atoms with Crippen molar-refractivity contribution >= 4 is 11.9 Å². The molecule has 1 unspecified atom stereocenters. The minimum atomic E-state index is -1.26. The first kappa shape index (κ1) is 23.7. The molecule has 0 saturated heterocycles. The van der Waals surface area contributed by atoms with Gasteiger partial charge in [0.25, 0.3) is 0 Å². The molecule has 0 aromatic heterocycles. The highest BCUT2D eigenvalue weighted by Gasteiger charge is 2.13. The third-order valence-corrected chi connectivity index (χ3v) is 3.72. The highest BCUT2D eigenvalue weighted by molar-refractivity contribution is 5.89. The Hall–Kier alpha value is -3.32. The third-order valence-electron chi connectivity index (χ3n) is 3.72. The van der Waals surface area contributed by atoms with Gasteiger partial charge in [0, 0.05) is 25.1 Å². The SMILES string of the molecule is COc1ccc(OC(CCN(C)C)c2ccccc2)cc1.O=C(O)C=CC(=O)O. The fourth-order valence-corrected chi connectivity index (χ4v) is 2.30. The second-order valence-electron chi connectivity index (χ2n) is 6.29. The normalized spacial score (nSPS) is 11.4. The second kappa shape index (κ2) is 13.0. The van der Waals surface area contributed by atoms with Crippen molar-refractivity contribution in [3.63, 3.8) is 0 Å². The zero-order chi connectivity index (χ0) is 21.6. The van der Waals surface area contributed by atoms with Crippen molar-refractivity contribution < 1.29 is 29.3 Å². The van der Waals surface area contributed by atoms with E-state index < -0.39 is 11.9 Å². The second-order valence-corrected chi connectivity index (χ2v) is 6.29. The number of ether oxygens (including phenoxy) is 2. The van der Waals surface area contributed by atoms with Crippen molar-refractivity contribution in [2.24, 2.45) is 0 Å². The van der Waals surface area contributed by atoms with E-state index in [2.05, 4.69) is 43.3 Å². The van der Waals surface area contributed by atoms with Gasteiger partial charge < -0.3 is 24.6 Å². The largest absolute Gasteiger partial charge is 0.497 e. The number of aliphatic carboxylic acids is 2. The molecule has 0 spiro atoms. The van der Waals surface area contributed by atoms with Crippen LogP contribution in [-0.2, 0) is 9.59 Å². The van der Waals surface area contributed by atoms with Crippen molar-refractivity contribution in [3.05, 3.63) is 72.3 Å². The van der Waals surface area contributed by atoms with Crippen molar-refractivity contribution in [2.45, 2.75) is 12.5 Å². The van der Waals surface area contributed by atoms with E-state index in [1.807, 2.05) is 30.3 Å². The Balaban J connectivity index is 0.000000447. The molecule has 2 rings (SSSR count). The molecule has 2 aromatic carbocycles. The van der Waals surface area contributed by atoms with E-state index in [-0.39, 0.29) is 6.10 Å². The lowest BCUT2D eigenvalue weighted by Crippen LogP contribution is -2.18. The van der Waals surface area contributed by atoms with E-state index in [1.165, 1.54) is 5.56 Å². The summed E-state index contributed by atoms with van der Waals surface area (Å²) in [5.74, 6) is -0.810. The number of hydrogen-bond acceptors (Lipinski definition) is 5. The Labute approximate surface area is 170 Å². The van der Waals surface area contributed by atoms with Crippen molar-refractivity contribution in [3.8, 4) is 11.5 Å². The minimum Gasteiger partial charge on any atom is -0.497 e. The van der Waals surface area contributed by atoms with Gasteiger partial charge in [-0.2, -0.15) is 0 Å². The molecule has 2 aromatic rings. The first-order valence-corrected chi connectivity index (χ1v) is 8.96. The predicted molar refractivity (Wildman–Crippen MR) is 110 cm³/mol. The molecule has 0 saturated carbocycles. The van der Waals surface area contributed by atoms with Gasteiger partial charge in [0.2, 0.25) is 0 Å². The number of methoxy groups -OCH3 is 1. The number of benzene rings is 2. The van der Waals surface area contributed by atoms with E-state index >= 15 is 0 Å². The molecular weight excluding hydrogens is 374 g/mol. The van der Waals surface area contributed by atoms with Crippen LogP contribution in [0.4, 0.5) is 0 Å². The fraction of sp³-hybridized carbons (Fsp3) is 0.273. The summed E-state index contributed by atoms with van der Waals surface area (Å²) in [5, 5.41) is 15.6. The molecule has 0 heterocycles. The molecule has 29 heavy (non-hydrogen) atoms. The lowest BCUT2D eigenvalue weighted by molar-refractivity contribution is -0.134. The standard InChI is InChI=1S/C18H23NO2.C4H4O4/c1-19(2)14-13-18(15-7-5-4-6-8-15)21-17-11-9-16(20-3)10-12-17;5-3(6)1-2-4(7)8/h4-12,18H,13-14H2,1-3H3;1-2H,(H,5,6)(H,7,8). The lowest BCUT2D eigenvalue weighted by atomic mass is 10.1. The minimum absolute atomic E-state index is 0.0574. The highest BCUT2D eigenvalue weighted by atomic mass is 16.5. The van der Waals surface area contributed by atoms with Crippen LogP contribution in [0.1, 0.15) is 18.1 Å². The van der Waals surface area contributed by atoms with Crippen molar-refractivity contribution in [2.75, 3.05) is 27.7 Å². The Morgan fingerprint density at radius 2 is 1.45 bits per heavy atom. The van der Waals surface area contributed by atoms with Gasteiger partial charge in [0.15, 0.2) is 0 Å². The predicted octanol–water partition coefficient (Wildman–Crippen LogP) is 3.48. The molecule has 156 valence electrons. The highest BCUT2D eigenvalue weighted by Crippen LogP contribution is 2.26. The van der Waals surface area contributed by atoms with Crippen molar-refractivity contribution in [1.82, 2.24) is 4.90 Å². The molecule has 7 heteroatoms. The molecule has 1 atom stereocenters. The number of hydrogen-bond donors (Lipinski definition) is 2. The summed E-state index contributed by atoms with van der Waals surface area (Å²) in [5.41, 5.74) is 1.20. The molecule has 0 fully saturated rings. The summed E-state index contributed by atoms with van der Waals surface area (Å²) < 4.78 is 11.3. The van der Waals surface area contributed by atoms with Gasteiger partial charge in [0.05, 0.1) is 7.11 Å². The summed E-state index contributed by atoms with van der Waals surface area (Å²) in [6, 6.07) is 18.1. The Bertz CT molecular complexity index is 756. The number of rotatable bonds is 9. The van der Waals surface area contributed by atoms with Crippen LogP contribution in [0, 0.1) is 0 Å². The summed E-state index contributed by atoms with van der Waals surface area (Å²) in [4.78, 5) is 21.3. The van der Waals surface area contributed by atoms with Crippen LogP contribution >= 0.6 is 0 Å². The average molecular weight is 401 g/mol. The molecule has 0 aliphatic carbocycles. The van der Waals surface area contributed by atoms with E-state index in [0.29, 0.717) is 12.2 Å². The summed E-state index contributed by atoms with van der Waals surface area (Å²) in [7, 11) is 5.82. The number of carboxylic acid groups (broad SMARTS) is 2. The van der Waals surface area contributed by atoms with Gasteiger partial charge in [-0.25, -0.2) is 9.59 Å². The summed E-state index contributed by atoms with van der Waals surface area (Å²) in [6.45, 7) is 0.982. The van der Waals surface area contributed by atoms with Crippen LogP contribution < -0.4 is 9.47 Å². The number of nitrogens with zero attached hydrogens (tertiary/aromatic N) is 1. The van der Waals surface area contributed by atoms with Crippen LogP contribution in [0.5, 0.6) is 11.5 Å². The van der Waals surface area contributed by atoms with Gasteiger partial charge >= 0.3 is 11.9 Å². The van der Waals surface area contributed by atoms with E-state index in [9.17, 15) is 9.59 Å². The maximum atomic E-state index is 9.55. The molecule has 0 amide bonds. The third kappa shape index (κ3) is 10.6. The molecule has 2 N–H and O–H groups in total. The van der Waals surface area contributed by atoms with Gasteiger partial charge in [-0.15, -0.1) is 0 Å². The van der Waals surface area contributed by atoms with Crippen LogP contribution in [0.15, 0.2) is 66.7 Å². The monoisotopic (exact) mass is 401 g/mol. The fourth-order valence-electron chi connectivity index (χ4n) is 2.30. The quantitative estimate of drug-likeness (QED) is 0.621. The Kier molecular flexibility index (Phi) is 10.6. The summed E-state index contributed by atoms with van der Waals surface area (Å²) in [6.07, 6.45) is 2.12. The maximum absolute atomic E-state index is 9.55. The van der Waals surface area contributed by atoms with Gasteiger partial charge in [-0.1, -0.05) is 30.3 Å². The molecule has 0 bridgehead atoms. The Morgan fingerprint density at radius 3 is 1.90 bits per heavy atom. The van der Waals surface area contributed by atoms with Gasteiger partial charge in [-0.3, -0.25) is 0 Å². The van der Waals surface area contributed by atoms with Gasteiger partial charge in [0.1, 0.15) is 17.6 Å². The van der Waals surface area contributed by atoms with Crippen LogP contribution in [0.2, 0.25) is 0 Å². The zero-order valence-electron chi connectivity index (χ0n) is 16.8. The molecule has 7 nitrogen and oxygen atoms in total. The maximum Gasteiger partial charge on any atom is 0.328 e. The van der Waals surface area contributed by atoms with E-state index in [0.717, 1.165) is 24.5 Å². The van der Waals surface area contributed by atoms with E-state index in [1.54, 1.807) is 7.11 Å². The van der Waals surface area contributed by atoms with Crippen LogP contribution in [0.3, 0.4) is 0 Å². The zero-order valence-corrected chi connectivity index (χ0v) is 16.8. The Morgan fingerprint density at radius 1 is 0.931 bits per heavy atom. The van der Waals surface area contributed by atoms with Crippen LogP contribution in [-0.4, -0.2) is 54.8 Å². The van der Waals surface area contributed by atoms with Gasteiger partial charge in [-0.05, 0) is 43.9 Å². The average Bonchev–Trinajstić information content (AvgIpc) is 2.71. The smallest absolute Gasteiger partial charge is 0.328 e. The molecule has 0 radical (unpaired) electrons. The number of carbonyl (C=O) groups is 2.